The summed E-state index contributed by atoms with van der Waals surface area (Å²) in [5.41, 5.74) is 0.803. The van der Waals surface area contributed by atoms with Gasteiger partial charge in [-0.2, -0.15) is 0 Å². The van der Waals surface area contributed by atoms with E-state index in [9.17, 15) is 9.59 Å². The molecule has 0 aromatic heterocycles. The molecule has 0 N–H and O–H groups in total. The van der Waals surface area contributed by atoms with Crippen LogP contribution in [-0.4, -0.2) is 44.5 Å². The fourth-order valence-corrected chi connectivity index (χ4v) is 2.84. The van der Waals surface area contributed by atoms with E-state index in [0.29, 0.717) is 0 Å². The minimum atomic E-state index is -1.55. The molecular formula is C25H32O6. The van der Waals surface area contributed by atoms with Crippen LogP contribution in [0.25, 0.3) is 11.1 Å². The summed E-state index contributed by atoms with van der Waals surface area (Å²) in [5.74, 6) is -1.06. The van der Waals surface area contributed by atoms with Crippen molar-refractivity contribution in [2.45, 2.75) is 39.9 Å². The van der Waals surface area contributed by atoms with Crippen LogP contribution in [0.5, 0.6) is 0 Å². The maximum absolute atomic E-state index is 12.8. The molecule has 0 aliphatic heterocycles. The van der Waals surface area contributed by atoms with Crippen molar-refractivity contribution in [2.75, 3.05) is 26.9 Å². The second kappa shape index (κ2) is 11.1. The lowest BCUT2D eigenvalue weighted by molar-refractivity contribution is -0.196. The van der Waals surface area contributed by atoms with Gasteiger partial charge < -0.3 is 18.9 Å². The summed E-state index contributed by atoms with van der Waals surface area (Å²) < 4.78 is 21.9. The number of ether oxygens (including phenoxy) is 4. The first-order valence-corrected chi connectivity index (χ1v) is 10.3. The molecule has 1 atom stereocenters. The summed E-state index contributed by atoms with van der Waals surface area (Å²) in [6.07, 6.45) is 0. The van der Waals surface area contributed by atoms with Crippen molar-refractivity contribution in [3.63, 3.8) is 0 Å². The summed E-state index contributed by atoms with van der Waals surface area (Å²) >= 11 is 0. The molecule has 0 fully saturated rings. The van der Waals surface area contributed by atoms with E-state index in [2.05, 4.69) is 0 Å². The van der Waals surface area contributed by atoms with E-state index in [0.717, 1.165) is 16.7 Å². The van der Waals surface area contributed by atoms with Gasteiger partial charge in [0.05, 0.1) is 25.2 Å². The molecule has 0 heterocycles. The molecule has 6 nitrogen and oxygen atoms in total. The topological polar surface area (TPSA) is 71.1 Å². The van der Waals surface area contributed by atoms with E-state index < -0.39 is 23.0 Å². The van der Waals surface area contributed by atoms with Crippen molar-refractivity contribution in [2.24, 2.45) is 5.41 Å². The quantitative estimate of drug-likeness (QED) is 0.522. The molecule has 1 unspecified atom stereocenters. The average Bonchev–Trinajstić information content (AvgIpc) is 2.76. The molecule has 168 valence electrons. The average molecular weight is 429 g/mol. The Labute approximate surface area is 184 Å². The highest BCUT2D eigenvalue weighted by Crippen LogP contribution is 2.23. The molecule has 0 aliphatic rings. The molecular weight excluding hydrogens is 396 g/mol. The molecule has 2 aromatic rings. The second-order valence-corrected chi connectivity index (χ2v) is 8.33. The molecule has 0 amide bonds. The van der Waals surface area contributed by atoms with Crippen LogP contribution in [0.2, 0.25) is 0 Å². The molecule has 0 saturated carbocycles. The number of rotatable bonds is 10. The molecule has 0 spiro atoms. The third-order valence-corrected chi connectivity index (χ3v) is 4.65. The predicted octanol–water partition coefficient (Wildman–Crippen LogP) is 4.41. The zero-order chi connectivity index (χ0) is 22.9. The van der Waals surface area contributed by atoms with Crippen LogP contribution in [0.15, 0.2) is 54.6 Å². The van der Waals surface area contributed by atoms with Gasteiger partial charge in [0, 0.05) is 7.11 Å². The first-order valence-electron chi connectivity index (χ1n) is 10.3. The van der Waals surface area contributed by atoms with Gasteiger partial charge in [-0.3, -0.25) is 4.79 Å². The van der Waals surface area contributed by atoms with E-state index in [1.54, 1.807) is 27.7 Å². The molecule has 2 aromatic carbocycles. The van der Waals surface area contributed by atoms with E-state index in [1.807, 2.05) is 54.6 Å². The minimum Gasteiger partial charge on any atom is -0.464 e. The van der Waals surface area contributed by atoms with E-state index in [1.165, 1.54) is 7.11 Å². The first-order chi connectivity index (χ1) is 14.7. The van der Waals surface area contributed by atoms with Crippen molar-refractivity contribution in [1.29, 1.82) is 0 Å². The highest BCUT2D eigenvalue weighted by molar-refractivity contribution is 5.81. The fraction of sp³-hybridized carbons (Fsp3) is 0.440. The van der Waals surface area contributed by atoms with E-state index >= 15 is 0 Å². The Morgan fingerprint density at radius 2 is 1.42 bits per heavy atom. The Morgan fingerprint density at radius 3 is 1.97 bits per heavy atom. The predicted molar refractivity (Wildman–Crippen MR) is 118 cm³/mol. The zero-order valence-corrected chi connectivity index (χ0v) is 19.0. The second-order valence-electron chi connectivity index (χ2n) is 8.33. The highest BCUT2D eigenvalue weighted by Gasteiger charge is 2.44. The monoisotopic (exact) mass is 428 g/mol. The van der Waals surface area contributed by atoms with Gasteiger partial charge in [-0.15, -0.1) is 0 Å². The fourth-order valence-electron chi connectivity index (χ4n) is 2.84. The van der Waals surface area contributed by atoms with Crippen molar-refractivity contribution >= 4 is 11.9 Å². The number of carbonyl (C=O) groups is 2. The third kappa shape index (κ3) is 6.91. The summed E-state index contributed by atoms with van der Waals surface area (Å²) in [5, 5.41) is 0. The van der Waals surface area contributed by atoms with Crippen LogP contribution in [0.1, 0.15) is 33.3 Å². The maximum atomic E-state index is 12.8. The molecule has 2 rings (SSSR count). The van der Waals surface area contributed by atoms with E-state index in [4.69, 9.17) is 18.9 Å². The van der Waals surface area contributed by atoms with Gasteiger partial charge >= 0.3 is 11.9 Å². The lowest BCUT2D eigenvalue weighted by Crippen LogP contribution is -2.51. The summed E-state index contributed by atoms with van der Waals surface area (Å²) in [6, 6.07) is 17.9. The minimum absolute atomic E-state index is 0.106. The molecule has 0 radical (unpaired) electrons. The number of carbonyl (C=O) groups excluding carboxylic acids is 2. The van der Waals surface area contributed by atoms with Crippen LogP contribution in [0.3, 0.4) is 0 Å². The van der Waals surface area contributed by atoms with Crippen LogP contribution in [0, 0.1) is 5.41 Å². The smallest absolute Gasteiger partial charge is 0.344 e. The molecule has 0 bridgehead atoms. The Balaban J connectivity index is 2.17. The Bertz CT molecular complexity index is 839. The number of hydrogen-bond donors (Lipinski definition) is 0. The van der Waals surface area contributed by atoms with Gasteiger partial charge in [0.25, 0.3) is 0 Å². The number of hydrogen-bond acceptors (Lipinski definition) is 6. The zero-order valence-electron chi connectivity index (χ0n) is 19.0. The largest absolute Gasteiger partial charge is 0.464 e. The standard InChI is InChI=1S/C25H32O6/c1-6-29-23(27)25(17-28-5,18-30-22(26)24(2,3)4)31-16-19-12-14-21(15-13-19)20-10-8-7-9-11-20/h7-15H,6,16-18H2,1-5H3. The number of benzene rings is 2. The third-order valence-electron chi connectivity index (χ3n) is 4.65. The van der Waals surface area contributed by atoms with Crippen molar-refractivity contribution < 1.29 is 28.5 Å². The Morgan fingerprint density at radius 1 is 0.806 bits per heavy atom. The lowest BCUT2D eigenvalue weighted by Gasteiger charge is -2.31. The normalized spacial score (nSPS) is 13.3. The van der Waals surface area contributed by atoms with Gasteiger partial charge in [-0.05, 0) is 44.4 Å². The Kier molecular flexibility index (Phi) is 8.77. The summed E-state index contributed by atoms with van der Waals surface area (Å²) in [6.45, 7) is 6.84. The highest BCUT2D eigenvalue weighted by atomic mass is 16.6. The van der Waals surface area contributed by atoms with Gasteiger partial charge in [0.1, 0.15) is 6.61 Å². The Hall–Kier alpha value is -2.70. The summed E-state index contributed by atoms with van der Waals surface area (Å²) in [7, 11) is 1.46. The van der Waals surface area contributed by atoms with Crippen LogP contribution in [-0.2, 0) is 35.1 Å². The van der Waals surface area contributed by atoms with Crippen molar-refractivity contribution in [1.82, 2.24) is 0 Å². The lowest BCUT2D eigenvalue weighted by atomic mass is 9.97. The van der Waals surface area contributed by atoms with Gasteiger partial charge in [0.2, 0.25) is 5.60 Å². The van der Waals surface area contributed by atoms with Crippen molar-refractivity contribution in [3.05, 3.63) is 60.2 Å². The molecule has 6 heteroatoms. The van der Waals surface area contributed by atoms with Crippen molar-refractivity contribution in [3.8, 4) is 11.1 Å². The maximum Gasteiger partial charge on any atom is 0.344 e. The summed E-state index contributed by atoms with van der Waals surface area (Å²) in [4.78, 5) is 25.0. The number of esters is 2. The first kappa shape index (κ1) is 24.6. The molecule has 31 heavy (non-hydrogen) atoms. The van der Waals surface area contributed by atoms with E-state index in [-0.39, 0.29) is 26.4 Å². The van der Waals surface area contributed by atoms with Crippen LogP contribution < -0.4 is 0 Å². The van der Waals surface area contributed by atoms with Gasteiger partial charge in [-0.25, -0.2) is 4.79 Å². The van der Waals surface area contributed by atoms with Gasteiger partial charge in [-0.1, -0.05) is 54.6 Å². The number of methoxy groups -OCH3 is 1. The van der Waals surface area contributed by atoms with Crippen LogP contribution >= 0.6 is 0 Å². The molecule has 0 aliphatic carbocycles. The van der Waals surface area contributed by atoms with Crippen LogP contribution in [0.4, 0.5) is 0 Å². The van der Waals surface area contributed by atoms with Gasteiger partial charge in [0.15, 0.2) is 0 Å². The SMILES string of the molecule is CCOC(=O)C(COC)(COC(=O)C(C)(C)C)OCc1ccc(-c2ccccc2)cc1. The molecule has 0 saturated heterocycles.